The largest absolute Gasteiger partial charge is 0.478 e. The van der Waals surface area contributed by atoms with Crippen molar-refractivity contribution in [3.8, 4) is 0 Å². The number of aromatic carboxylic acids is 1. The van der Waals surface area contributed by atoms with Gasteiger partial charge in [0.2, 0.25) is 0 Å². The normalized spacial score (nSPS) is 16.7. The predicted octanol–water partition coefficient (Wildman–Crippen LogP) is 0.546. The zero-order valence-corrected chi connectivity index (χ0v) is 9.97. The molecule has 18 heavy (non-hydrogen) atoms. The highest BCUT2D eigenvalue weighted by Crippen LogP contribution is 2.25. The Morgan fingerprint density at radius 3 is 2.83 bits per heavy atom. The lowest BCUT2D eigenvalue weighted by Crippen LogP contribution is -2.48. The van der Waals surface area contributed by atoms with Crippen LogP contribution in [0.15, 0.2) is 18.3 Å². The molecular weight excluding hydrogens is 236 g/mol. The van der Waals surface area contributed by atoms with E-state index >= 15 is 0 Å². The summed E-state index contributed by atoms with van der Waals surface area (Å²) in [6.45, 7) is 3.64. The second kappa shape index (κ2) is 4.73. The molecule has 96 valence electrons. The summed E-state index contributed by atoms with van der Waals surface area (Å²) in [4.78, 5) is 26.7. The Morgan fingerprint density at radius 2 is 2.28 bits per heavy atom. The second-order valence-electron chi connectivity index (χ2n) is 4.69. The number of carboxylic acids is 1. The number of nitrogens with one attached hydrogen (secondary N) is 1. The van der Waals surface area contributed by atoms with Crippen molar-refractivity contribution in [2.45, 2.75) is 6.92 Å². The summed E-state index contributed by atoms with van der Waals surface area (Å²) < 4.78 is 5.08. The van der Waals surface area contributed by atoms with Crippen molar-refractivity contribution in [1.82, 2.24) is 10.3 Å². The van der Waals surface area contributed by atoms with Crippen molar-refractivity contribution < 1.29 is 19.4 Å². The van der Waals surface area contributed by atoms with Gasteiger partial charge >= 0.3 is 5.97 Å². The Hall–Kier alpha value is -1.95. The van der Waals surface area contributed by atoms with Gasteiger partial charge in [0.1, 0.15) is 5.69 Å². The van der Waals surface area contributed by atoms with Gasteiger partial charge in [-0.2, -0.15) is 0 Å². The van der Waals surface area contributed by atoms with E-state index in [0.29, 0.717) is 19.8 Å². The van der Waals surface area contributed by atoms with E-state index < -0.39 is 11.9 Å². The molecule has 1 aromatic rings. The van der Waals surface area contributed by atoms with Gasteiger partial charge in [-0.1, -0.05) is 6.92 Å². The molecule has 6 heteroatoms. The lowest BCUT2D eigenvalue weighted by atomic mass is 9.89. The van der Waals surface area contributed by atoms with Crippen molar-refractivity contribution in [3.05, 3.63) is 29.6 Å². The van der Waals surface area contributed by atoms with Gasteiger partial charge in [0.05, 0.1) is 18.8 Å². The van der Waals surface area contributed by atoms with Gasteiger partial charge in [0, 0.05) is 18.2 Å². The Labute approximate surface area is 104 Å². The van der Waals surface area contributed by atoms with Crippen molar-refractivity contribution in [3.63, 3.8) is 0 Å². The minimum absolute atomic E-state index is 0.0613. The number of hydrogen-bond donors (Lipinski definition) is 2. The molecule has 0 aromatic carbocycles. The average molecular weight is 250 g/mol. The van der Waals surface area contributed by atoms with Crippen LogP contribution in [0.2, 0.25) is 0 Å². The highest BCUT2D eigenvalue weighted by molar-refractivity contribution is 6.03. The number of ether oxygens (including phenoxy) is 1. The van der Waals surface area contributed by atoms with Crippen LogP contribution >= 0.6 is 0 Å². The molecule has 0 atom stereocenters. The first kappa shape index (κ1) is 12.5. The smallest absolute Gasteiger partial charge is 0.338 e. The number of rotatable bonds is 4. The molecule has 6 nitrogen and oxygen atoms in total. The Bertz CT molecular complexity index is 483. The fraction of sp³-hybridized carbons (Fsp3) is 0.417. The maximum Gasteiger partial charge on any atom is 0.338 e. The van der Waals surface area contributed by atoms with Crippen LogP contribution in [-0.4, -0.2) is 41.7 Å². The fourth-order valence-corrected chi connectivity index (χ4v) is 1.69. The van der Waals surface area contributed by atoms with Gasteiger partial charge in [-0.05, 0) is 12.1 Å². The minimum atomic E-state index is -1.16. The van der Waals surface area contributed by atoms with Crippen molar-refractivity contribution >= 4 is 11.9 Å². The molecule has 1 aliphatic heterocycles. The van der Waals surface area contributed by atoms with E-state index in [1.165, 1.54) is 18.3 Å². The van der Waals surface area contributed by atoms with Crippen LogP contribution in [0.25, 0.3) is 0 Å². The summed E-state index contributed by atoms with van der Waals surface area (Å²) in [5.41, 5.74) is -0.216. The van der Waals surface area contributed by atoms with E-state index in [0.717, 1.165) is 0 Å². The third-order valence-corrected chi connectivity index (χ3v) is 2.83. The molecule has 1 aliphatic rings. The first-order valence-electron chi connectivity index (χ1n) is 5.56. The number of pyridine rings is 1. The summed E-state index contributed by atoms with van der Waals surface area (Å²) in [6.07, 6.45) is 1.40. The number of nitrogens with zero attached hydrogens (tertiary/aromatic N) is 1. The molecule has 0 radical (unpaired) electrons. The van der Waals surface area contributed by atoms with Crippen LogP contribution in [0.4, 0.5) is 0 Å². The molecule has 0 bridgehead atoms. The highest BCUT2D eigenvalue weighted by atomic mass is 16.5. The molecule has 0 aliphatic carbocycles. The third-order valence-electron chi connectivity index (χ3n) is 2.83. The molecule has 2 rings (SSSR count). The molecule has 1 saturated heterocycles. The monoisotopic (exact) mass is 250 g/mol. The molecule has 0 unspecified atom stereocenters. The molecule has 1 fully saturated rings. The van der Waals surface area contributed by atoms with E-state index in [9.17, 15) is 9.59 Å². The van der Waals surface area contributed by atoms with Crippen LogP contribution < -0.4 is 5.32 Å². The van der Waals surface area contributed by atoms with E-state index in [2.05, 4.69) is 10.3 Å². The van der Waals surface area contributed by atoms with Crippen LogP contribution in [0.1, 0.15) is 27.8 Å². The topological polar surface area (TPSA) is 88.5 Å². The van der Waals surface area contributed by atoms with Crippen LogP contribution in [0.3, 0.4) is 0 Å². The quantitative estimate of drug-likeness (QED) is 0.814. The highest BCUT2D eigenvalue weighted by Gasteiger charge is 2.34. The molecule has 2 heterocycles. The number of carbonyl (C=O) groups is 2. The van der Waals surface area contributed by atoms with Gasteiger partial charge in [-0.25, -0.2) is 4.79 Å². The standard InChI is InChI=1S/C12H14N2O4/c1-12(6-18-7-12)5-14-10(15)9-8(11(16)17)3-2-4-13-9/h2-4H,5-7H2,1H3,(H,14,15)(H,16,17). The number of amides is 1. The fourth-order valence-electron chi connectivity index (χ4n) is 1.69. The number of carboxylic acid groups (broad SMARTS) is 1. The molecular formula is C12H14N2O4. The van der Waals surface area contributed by atoms with Crippen molar-refractivity contribution in [2.75, 3.05) is 19.8 Å². The van der Waals surface area contributed by atoms with Gasteiger partial charge in [-0.3, -0.25) is 9.78 Å². The van der Waals surface area contributed by atoms with Gasteiger partial charge in [-0.15, -0.1) is 0 Å². The Balaban J connectivity index is 2.06. The lowest BCUT2D eigenvalue weighted by Gasteiger charge is -2.37. The SMILES string of the molecule is CC1(CNC(=O)c2ncccc2C(=O)O)COC1. The first-order chi connectivity index (χ1) is 8.52. The maximum absolute atomic E-state index is 11.9. The molecule has 0 saturated carbocycles. The minimum Gasteiger partial charge on any atom is -0.478 e. The summed E-state index contributed by atoms with van der Waals surface area (Å²) in [7, 11) is 0. The van der Waals surface area contributed by atoms with E-state index in [1.54, 1.807) is 0 Å². The average Bonchev–Trinajstić information content (AvgIpc) is 2.33. The molecule has 1 aromatic heterocycles. The van der Waals surface area contributed by atoms with Crippen LogP contribution in [0, 0.1) is 5.41 Å². The number of carbonyl (C=O) groups excluding carboxylic acids is 1. The van der Waals surface area contributed by atoms with Crippen LogP contribution in [-0.2, 0) is 4.74 Å². The van der Waals surface area contributed by atoms with Gasteiger partial charge in [0.25, 0.3) is 5.91 Å². The zero-order valence-electron chi connectivity index (χ0n) is 9.97. The summed E-state index contributed by atoms with van der Waals surface area (Å²) in [6, 6.07) is 2.85. The van der Waals surface area contributed by atoms with E-state index in [4.69, 9.17) is 9.84 Å². The summed E-state index contributed by atoms with van der Waals surface area (Å²) >= 11 is 0. The first-order valence-corrected chi connectivity index (χ1v) is 5.56. The maximum atomic E-state index is 11.9. The molecule has 0 spiro atoms. The van der Waals surface area contributed by atoms with E-state index in [-0.39, 0.29) is 16.7 Å². The Kier molecular flexibility index (Phi) is 3.29. The Morgan fingerprint density at radius 1 is 1.56 bits per heavy atom. The summed E-state index contributed by atoms with van der Waals surface area (Å²) in [5.74, 6) is -1.63. The molecule has 2 N–H and O–H groups in total. The molecule has 1 amide bonds. The van der Waals surface area contributed by atoms with Gasteiger partial charge < -0.3 is 15.2 Å². The lowest BCUT2D eigenvalue weighted by molar-refractivity contribution is -0.0978. The van der Waals surface area contributed by atoms with Gasteiger partial charge in [0.15, 0.2) is 0 Å². The number of aromatic nitrogens is 1. The second-order valence-corrected chi connectivity index (χ2v) is 4.69. The van der Waals surface area contributed by atoms with E-state index in [1.807, 2.05) is 6.92 Å². The van der Waals surface area contributed by atoms with Crippen LogP contribution in [0.5, 0.6) is 0 Å². The predicted molar refractivity (Wildman–Crippen MR) is 62.5 cm³/mol. The number of hydrogen-bond acceptors (Lipinski definition) is 4. The summed E-state index contributed by atoms with van der Waals surface area (Å²) in [5, 5.41) is 11.7. The third kappa shape index (κ3) is 2.48. The van der Waals surface area contributed by atoms with Crippen molar-refractivity contribution in [1.29, 1.82) is 0 Å². The van der Waals surface area contributed by atoms with Crippen molar-refractivity contribution in [2.24, 2.45) is 5.41 Å². The zero-order chi connectivity index (χ0) is 13.2.